The third-order valence-corrected chi connectivity index (χ3v) is 1.09. The van der Waals surface area contributed by atoms with Gasteiger partial charge in [-0.3, -0.25) is 0 Å². The Kier molecular flexibility index (Phi) is 1.63. The van der Waals surface area contributed by atoms with Crippen LogP contribution in [0.3, 0.4) is 0 Å². The Labute approximate surface area is 53.7 Å². The van der Waals surface area contributed by atoms with Crippen molar-refractivity contribution in [1.82, 2.24) is 9.97 Å². The van der Waals surface area contributed by atoms with Crippen LogP contribution in [0.25, 0.3) is 0 Å². The summed E-state index contributed by atoms with van der Waals surface area (Å²) >= 11 is 0. The Morgan fingerprint density at radius 3 is 2.78 bits per heavy atom. The summed E-state index contributed by atoms with van der Waals surface area (Å²) in [4.78, 5) is 7.69. The standard InChI is InChI=1S/C6H8N2O/c1-5-6(9-2)3-7-4-8-5/h3-4H,1-2H3. The van der Waals surface area contributed by atoms with Crippen LogP contribution < -0.4 is 4.74 Å². The summed E-state index contributed by atoms with van der Waals surface area (Å²) in [7, 11) is 1.60. The minimum Gasteiger partial charge on any atom is -0.493 e. The van der Waals surface area contributed by atoms with Gasteiger partial charge >= 0.3 is 0 Å². The molecule has 0 N–H and O–H groups in total. The van der Waals surface area contributed by atoms with Gasteiger partial charge in [-0.15, -0.1) is 0 Å². The first-order chi connectivity index (χ1) is 4.34. The summed E-state index contributed by atoms with van der Waals surface area (Å²) in [6.45, 7) is 1.88. The van der Waals surface area contributed by atoms with E-state index >= 15 is 0 Å². The fraction of sp³-hybridized carbons (Fsp3) is 0.333. The number of hydrogen-bond donors (Lipinski definition) is 0. The molecule has 1 heterocycles. The van der Waals surface area contributed by atoms with Gasteiger partial charge in [0.15, 0.2) is 5.75 Å². The van der Waals surface area contributed by atoms with Crippen molar-refractivity contribution in [3.05, 3.63) is 18.2 Å². The van der Waals surface area contributed by atoms with Gasteiger partial charge in [-0.05, 0) is 6.92 Å². The van der Waals surface area contributed by atoms with Crippen molar-refractivity contribution in [2.24, 2.45) is 0 Å². The Balaban J connectivity index is 3.01. The van der Waals surface area contributed by atoms with E-state index in [4.69, 9.17) is 4.74 Å². The quantitative estimate of drug-likeness (QED) is 0.555. The molecule has 3 nitrogen and oxygen atoms in total. The van der Waals surface area contributed by atoms with Gasteiger partial charge in [-0.2, -0.15) is 0 Å². The van der Waals surface area contributed by atoms with Gasteiger partial charge < -0.3 is 4.74 Å². The predicted molar refractivity (Wildman–Crippen MR) is 33.3 cm³/mol. The Bertz CT molecular complexity index is 200. The molecule has 0 saturated carbocycles. The third kappa shape index (κ3) is 1.16. The summed E-state index contributed by atoms with van der Waals surface area (Å²) in [6.07, 6.45) is 3.14. The largest absolute Gasteiger partial charge is 0.493 e. The summed E-state index contributed by atoms with van der Waals surface area (Å²) < 4.78 is 4.92. The summed E-state index contributed by atoms with van der Waals surface area (Å²) in [5, 5.41) is 0. The summed E-state index contributed by atoms with van der Waals surface area (Å²) in [6, 6.07) is 0. The predicted octanol–water partition coefficient (Wildman–Crippen LogP) is 0.794. The molecule has 0 spiro atoms. The second kappa shape index (κ2) is 2.44. The number of aromatic nitrogens is 2. The second-order valence-electron chi connectivity index (χ2n) is 1.68. The molecule has 0 atom stereocenters. The molecule has 0 aromatic carbocycles. The molecule has 3 heteroatoms. The summed E-state index contributed by atoms with van der Waals surface area (Å²) in [5.41, 5.74) is 0.868. The molecule has 48 valence electrons. The molecule has 1 rings (SSSR count). The molecule has 0 aliphatic carbocycles. The molecular formula is C6H8N2O. The molecule has 0 bridgehead atoms. The zero-order chi connectivity index (χ0) is 6.69. The Hall–Kier alpha value is -1.12. The van der Waals surface area contributed by atoms with Crippen molar-refractivity contribution < 1.29 is 4.74 Å². The number of ether oxygens (including phenoxy) is 1. The van der Waals surface area contributed by atoms with Crippen LogP contribution in [0, 0.1) is 6.92 Å². The Morgan fingerprint density at radius 1 is 1.56 bits per heavy atom. The van der Waals surface area contributed by atoms with E-state index in [1.54, 1.807) is 13.3 Å². The molecule has 0 saturated heterocycles. The van der Waals surface area contributed by atoms with Crippen LogP contribution in [0.15, 0.2) is 12.5 Å². The van der Waals surface area contributed by atoms with E-state index in [1.807, 2.05) is 6.92 Å². The highest BCUT2D eigenvalue weighted by Crippen LogP contribution is 2.09. The lowest BCUT2D eigenvalue weighted by Gasteiger charge is -1.98. The molecule has 0 aliphatic heterocycles. The third-order valence-electron chi connectivity index (χ3n) is 1.09. The smallest absolute Gasteiger partial charge is 0.158 e. The SMILES string of the molecule is COc1cncnc1C. The molecule has 0 aliphatic rings. The minimum absolute atomic E-state index is 0.734. The fourth-order valence-electron chi connectivity index (χ4n) is 0.578. The van der Waals surface area contributed by atoms with Crippen LogP contribution in [-0.4, -0.2) is 17.1 Å². The van der Waals surface area contributed by atoms with Gasteiger partial charge in [-0.1, -0.05) is 0 Å². The molecule has 1 aromatic heterocycles. The van der Waals surface area contributed by atoms with Crippen molar-refractivity contribution in [3.8, 4) is 5.75 Å². The van der Waals surface area contributed by atoms with Crippen LogP contribution >= 0.6 is 0 Å². The first-order valence-corrected chi connectivity index (χ1v) is 2.65. The second-order valence-corrected chi connectivity index (χ2v) is 1.68. The van der Waals surface area contributed by atoms with Crippen molar-refractivity contribution in [2.75, 3.05) is 7.11 Å². The number of nitrogens with zero attached hydrogens (tertiary/aromatic N) is 2. The highest BCUT2D eigenvalue weighted by atomic mass is 16.5. The van der Waals surface area contributed by atoms with Gasteiger partial charge in [0.25, 0.3) is 0 Å². The lowest BCUT2D eigenvalue weighted by atomic mass is 10.4. The maximum atomic E-state index is 4.92. The van der Waals surface area contributed by atoms with E-state index < -0.39 is 0 Å². The molecule has 0 fully saturated rings. The van der Waals surface area contributed by atoms with Gasteiger partial charge in [0.1, 0.15) is 6.33 Å². The zero-order valence-electron chi connectivity index (χ0n) is 5.46. The molecule has 0 radical (unpaired) electrons. The average Bonchev–Trinajstić information content (AvgIpc) is 1.89. The van der Waals surface area contributed by atoms with Crippen molar-refractivity contribution in [2.45, 2.75) is 6.92 Å². The summed E-state index contributed by atoms with van der Waals surface area (Å²) in [5.74, 6) is 0.734. The van der Waals surface area contributed by atoms with Crippen LogP contribution in [0.1, 0.15) is 5.69 Å². The van der Waals surface area contributed by atoms with Gasteiger partial charge in [-0.25, -0.2) is 9.97 Å². The zero-order valence-corrected chi connectivity index (χ0v) is 5.46. The van der Waals surface area contributed by atoms with E-state index in [2.05, 4.69) is 9.97 Å². The monoisotopic (exact) mass is 124 g/mol. The average molecular weight is 124 g/mol. The van der Waals surface area contributed by atoms with Crippen LogP contribution in [-0.2, 0) is 0 Å². The number of methoxy groups -OCH3 is 1. The van der Waals surface area contributed by atoms with E-state index in [-0.39, 0.29) is 0 Å². The first-order valence-electron chi connectivity index (χ1n) is 2.65. The number of aryl methyl sites for hydroxylation is 1. The van der Waals surface area contributed by atoms with E-state index in [9.17, 15) is 0 Å². The first kappa shape index (κ1) is 6.01. The van der Waals surface area contributed by atoms with Gasteiger partial charge in [0.2, 0.25) is 0 Å². The van der Waals surface area contributed by atoms with Crippen molar-refractivity contribution in [3.63, 3.8) is 0 Å². The van der Waals surface area contributed by atoms with Crippen LogP contribution in [0.2, 0.25) is 0 Å². The highest BCUT2D eigenvalue weighted by Gasteiger charge is 1.93. The molecule has 0 amide bonds. The Morgan fingerprint density at radius 2 is 2.33 bits per heavy atom. The molecule has 9 heavy (non-hydrogen) atoms. The maximum absolute atomic E-state index is 4.92. The maximum Gasteiger partial charge on any atom is 0.158 e. The van der Waals surface area contributed by atoms with Gasteiger partial charge in [0.05, 0.1) is 19.0 Å². The molecule has 0 unspecified atom stereocenters. The van der Waals surface area contributed by atoms with E-state index in [0.29, 0.717) is 0 Å². The number of hydrogen-bond acceptors (Lipinski definition) is 3. The topological polar surface area (TPSA) is 35.0 Å². The van der Waals surface area contributed by atoms with E-state index in [0.717, 1.165) is 11.4 Å². The lowest BCUT2D eigenvalue weighted by molar-refractivity contribution is 0.407. The van der Waals surface area contributed by atoms with Crippen molar-refractivity contribution >= 4 is 0 Å². The normalized spacial score (nSPS) is 9.11. The molecule has 1 aromatic rings. The minimum atomic E-state index is 0.734. The lowest BCUT2D eigenvalue weighted by Crippen LogP contribution is -1.89. The van der Waals surface area contributed by atoms with Crippen molar-refractivity contribution in [1.29, 1.82) is 0 Å². The van der Waals surface area contributed by atoms with Gasteiger partial charge in [0, 0.05) is 0 Å². The highest BCUT2D eigenvalue weighted by molar-refractivity contribution is 5.20. The molecular weight excluding hydrogens is 116 g/mol. The fourth-order valence-corrected chi connectivity index (χ4v) is 0.578. The van der Waals surface area contributed by atoms with E-state index in [1.165, 1.54) is 6.33 Å². The van der Waals surface area contributed by atoms with Crippen LogP contribution in [0.5, 0.6) is 5.75 Å². The number of rotatable bonds is 1. The van der Waals surface area contributed by atoms with Crippen LogP contribution in [0.4, 0.5) is 0 Å².